The summed E-state index contributed by atoms with van der Waals surface area (Å²) in [4.78, 5) is 0. The normalized spacial score (nSPS) is 13.8. The number of hydrogen-bond donors (Lipinski definition) is 0. The Balaban J connectivity index is 3.62. The van der Waals surface area contributed by atoms with Gasteiger partial charge in [-0.1, -0.05) is 36.5 Å². The molecule has 0 aliphatic carbocycles. The Morgan fingerprint density at radius 1 is 0.417 bits per heavy atom. The molecule has 2 heteroatoms. The third-order valence-electron chi connectivity index (χ3n) is 0.923. The predicted octanol–water partition coefficient (Wildman–Crippen LogP) is 3.62. The van der Waals surface area contributed by atoms with Gasteiger partial charge in [-0.05, 0) is 12.2 Å². The minimum atomic E-state index is 0.450. The van der Waals surface area contributed by atoms with Crippen LogP contribution in [0.25, 0.3) is 0 Å². The molecular formula is C10H10F2. The molecule has 0 saturated carbocycles. The van der Waals surface area contributed by atoms with Crippen LogP contribution in [0.5, 0.6) is 0 Å². The van der Waals surface area contributed by atoms with Crippen LogP contribution in [0.3, 0.4) is 0 Å². The number of allylic oxidation sites excluding steroid dienone is 8. The van der Waals surface area contributed by atoms with Gasteiger partial charge in [-0.25, -0.2) is 8.78 Å². The summed E-state index contributed by atoms with van der Waals surface area (Å²) in [7, 11) is 0. The molecular weight excluding hydrogens is 158 g/mol. The smallest absolute Gasteiger partial charge is 0.0866 e. The standard InChI is InChI=1S/C10H10F2/c11-9-7-5-3-1-2-4-6-8-10-12/h1-10H/b2-1+,5-3+,6-4+,9-7+,10-8+. The van der Waals surface area contributed by atoms with Gasteiger partial charge >= 0.3 is 0 Å². The highest BCUT2D eigenvalue weighted by Gasteiger charge is 1.62. The summed E-state index contributed by atoms with van der Waals surface area (Å²) in [5, 5.41) is 0. The Hall–Kier alpha value is -1.44. The van der Waals surface area contributed by atoms with E-state index in [-0.39, 0.29) is 0 Å². The van der Waals surface area contributed by atoms with Crippen molar-refractivity contribution in [2.45, 2.75) is 0 Å². The Labute approximate surface area is 70.9 Å². The molecule has 0 aliphatic heterocycles. The predicted molar refractivity (Wildman–Crippen MR) is 47.9 cm³/mol. The van der Waals surface area contributed by atoms with Gasteiger partial charge in [-0.15, -0.1) is 0 Å². The first-order chi connectivity index (χ1) is 5.91. The molecule has 0 atom stereocenters. The molecule has 0 fully saturated rings. The lowest BCUT2D eigenvalue weighted by molar-refractivity contribution is 0.721. The van der Waals surface area contributed by atoms with Crippen LogP contribution in [0.15, 0.2) is 61.3 Å². The van der Waals surface area contributed by atoms with Gasteiger partial charge < -0.3 is 0 Å². The van der Waals surface area contributed by atoms with Crippen molar-refractivity contribution in [2.24, 2.45) is 0 Å². The quantitative estimate of drug-likeness (QED) is 0.562. The van der Waals surface area contributed by atoms with Gasteiger partial charge in [0, 0.05) is 0 Å². The molecule has 0 bridgehead atoms. The largest absolute Gasteiger partial charge is 0.216 e. The van der Waals surface area contributed by atoms with Crippen molar-refractivity contribution >= 4 is 0 Å². The van der Waals surface area contributed by atoms with Gasteiger partial charge in [-0.3, -0.25) is 0 Å². The van der Waals surface area contributed by atoms with Crippen LogP contribution >= 0.6 is 0 Å². The Morgan fingerprint density at radius 2 is 0.667 bits per heavy atom. The first-order valence-electron chi connectivity index (χ1n) is 3.44. The molecule has 64 valence electrons. The van der Waals surface area contributed by atoms with Crippen LogP contribution in [-0.2, 0) is 0 Å². The molecule has 0 saturated heterocycles. The Bertz CT molecular complexity index is 196. The Kier molecular flexibility index (Phi) is 8.41. The van der Waals surface area contributed by atoms with Crippen molar-refractivity contribution in [2.75, 3.05) is 0 Å². The van der Waals surface area contributed by atoms with E-state index in [1.165, 1.54) is 12.2 Å². The molecule has 0 rings (SSSR count). The maximum atomic E-state index is 11.3. The molecule has 0 nitrogen and oxygen atoms in total. The zero-order valence-electron chi connectivity index (χ0n) is 6.53. The van der Waals surface area contributed by atoms with E-state index in [0.29, 0.717) is 12.7 Å². The minimum absolute atomic E-state index is 0.450. The monoisotopic (exact) mass is 168 g/mol. The van der Waals surface area contributed by atoms with Gasteiger partial charge in [0.25, 0.3) is 0 Å². The summed E-state index contributed by atoms with van der Waals surface area (Å²) in [5.41, 5.74) is 0. The van der Waals surface area contributed by atoms with Gasteiger partial charge in [-0.2, -0.15) is 0 Å². The molecule has 0 aromatic carbocycles. The molecule has 0 amide bonds. The summed E-state index contributed by atoms with van der Waals surface area (Å²) in [5.74, 6) is 0. The summed E-state index contributed by atoms with van der Waals surface area (Å²) < 4.78 is 22.7. The van der Waals surface area contributed by atoms with Gasteiger partial charge in [0.1, 0.15) is 0 Å². The molecule has 0 spiro atoms. The average molecular weight is 168 g/mol. The fraction of sp³-hybridized carbons (Fsp3) is 0. The molecule has 0 aromatic heterocycles. The molecule has 0 N–H and O–H groups in total. The molecule has 0 aliphatic rings. The lowest BCUT2D eigenvalue weighted by atomic mass is 10.4. The summed E-state index contributed by atoms with van der Waals surface area (Å²) in [6.45, 7) is 0. The van der Waals surface area contributed by atoms with Crippen molar-refractivity contribution < 1.29 is 8.78 Å². The minimum Gasteiger partial charge on any atom is -0.216 e. The molecule has 12 heavy (non-hydrogen) atoms. The zero-order valence-corrected chi connectivity index (χ0v) is 6.53. The first kappa shape index (κ1) is 10.6. The number of rotatable bonds is 4. The highest BCUT2D eigenvalue weighted by atomic mass is 19.1. The number of halogens is 2. The van der Waals surface area contributed by atoms with E-state index < -0.39 is 0 Å². The third kappa shape index (κ3) is 8.56. The van der Waals surface area contributed by atoms with Crippen LogP contribution in [0.1, 0.15) is 0 Å². The SMILES string of the molecule is F/C=C/C=C/C=C/C=C/C=C/F. The maximum absolute atomic E-state index is 11.3. The van der Waals surface area contributed by atoms with Crippen LogP contribution in [-0.4, -0.2) is 0 Å². The topological polar surface area (TPSA) is 0 Å². The average Bonchev–Trinajstić information content (AvgIpc) is 2.10. The van der Waals surface area contributed by atoms with E-state index in [1.54, 1.807) is 36.5 Å². The fourth-order valence-electron chi connectivity index (χ4n) is 0.469. The summed E-state index contributed by atoms with van der Waals surface area (Å²) in [6.07, 6.45) is 13.3. The van der Waals surface area contributed by atoms with E-state index >= 15 is 0 Å². The van der Waals surface area contributed by atoms with E-state index in [0.717, 1.165) is 0 Å². The van der Waals surface area contributed by atoms with Crippen LogP contribution in [0.4, 0.5) is 8.78 Å². The molecule has 0 unspecified atom stereocenters. The van der Waals surface area contributed by atoms with Gasteiger partial charge in [0.2, 0.25) is 0 Å². The second-order valence-corrected chi connectivity index (χ2v) is 1.79. The van der Waals surface area contributed by atoms with E-state index in [9.17, 15) is 8.78 Å². The van der Waals surface area contributed by atoms with Crippen molar-refractivity contribution in [3.63, 3.8) is 0 Å². The third-order valence-corrected chi connectivity index (χ3v) is 0.923. The second-order valence-electron chi connectivity index (χ2n) is 1.79. The van der Waals surface area contributed by atoms with Gasteiger partial charge in [0.15, 0.2) is 0 Å². The van der Waals surface area contributed by atoms with E-state index in [2.05, 4.69) is 0 Å². The van der Waals surface area contributed by atoms with Crippen LogP contribution < -0.4 is 0 Å². The van der Waals surface area contributed by atoms with Crippen molar-refractivity contribution in [1.82, 2.24) is 0 Å². The zero-order chi connectivity index (χ0) is 9.07. The summed E-state index contributed by atoms with van der Waals surface area (Å²) in [6, 6.07) is 0. The molecule has 0 aromatic rings. The fourth-order valence-corrected chi connectivity index (χ4v) is 0.469. The lowest BCUT2D eigenvalue weighted by Gasteiger charge is -1.71. The van der Waals surface area contributed by atoms with Crippen molar-refractivity contribution in [3.05, 3.63) is 61.3 Å². The van der Waals surface area contributed by atoms with Crippen LogP contribution in [0, 0.1) is 0 Å². The van der Waals surface area contributed by atoms with E-state index in [4.69, 9.17) is 0 Å². The highest BCUT2D eigenvalue weighted by Crippen LogP contribution is 1.83. The second kappa shape index (κ2) is 9.56. The van der Waals surface area contributed by atoms with E-state index in [1.807, 2.05) is 0 Å². The van der Waals surface area contributed by atoms with Crippen molar-refractivity contribution in [1.29, 1.82) is 0 Å². The molecule has 0 heterocycles. The highest BCUT2D eigenvalue weighted by molar-refractivity contribution is 5.16. The maximum Gasteiger partial charge on any atom is 0.0866 e. The molecule has 0 radical (unpaired) electrons. The Morgan fingerprint density at radius 3 is 0.917 bits per heavy atom. The number of hydrogen-bond acceptors (Lipinski definition) is 0. The van der Waals surface area contributed by atoms with Crippen molar-refractivity contribution in [3.8, 4) is 0 Å². The summed E-state index contributed by atoms with van der Waals surface area (Å²) >= 11 is 0. The van der Waals surface area contributed by atoms with Gasteiger partial charge in [0.05, 0.1) is 12.7 Å². The first-order valence-corrected chi connectivity index (χ1v) is 3.44. The lowest BCUT2D eigenvalue weighted by Crippen LogP contribution is -1.50. The van der Waals surface area contributed by atoms with Crippen LogP contribution in [0.2, 0.25) is 0 Å².